The second-order valence-corrected chi connectivity index (χ2v) is 8.09. The van der Waals surface area contributed by atoms with Gasteiger partial charge in [0.15, 0.2) is 5.43 Å². The maximum Gasteiger partial charge on any atom is 0.291 e. The van der Waals surface area contributed by atoms with E-state index >= 15 is 0 Å². The number of aromatic hydroxyl groups is 1. The van der Waals surface area contributed by atoms with Crippen LogP contribution in [0.5, 0.6) is 5.75 Å². The molecule has 0 saturated carbocycles. The Hall–Kier alpha value is -3.57. The molecule has 154 valence electrons. The summed E-state index contributed by atoms with van der Waals surface area (Å²) in [7, 11) is 0. The number of carbonyl (C=O) groups is 1. The molecule has 3 aromatic carbocycles. The van der Waals surface area contributed by atoms with E-state index in [2.05, 4.69) is 0 Å². The Labute approximate surface area is 183 Å². The number of amides is 1. The number of fused-ring (bicyclic) bond motifs is 2. The lowest BCUT2D eigenvalue weighted by Crippen LogP contribution is -2.29. The second-order valence-electron chi connectivity index (χ2n) is 7.69. The van der Waals surface area contributed by atoms with Crippen molar-refractivity contribution in [3.05, 3.63) is 110 Å². The SMILES string of the molecule is Cc1cc2oc3c(c(=O)c2cc1Cl)[C@H](c1cccc(O)c1)N(Cc1ccccc1)C3=O. The van der Waals surface area contributed by atoms with Gasteiger partial charge >= 0.3 is 0 Å². The molecule has 0 radical (unpaired) electrons. The van der Waals surface area contributed by atoms with E-state index in [1.807, 2.05) is 37.3 Å². The topological polar surface area (TPSA) is 70.8 Å². The van der Waals surface area contributed by atoms with E-state index in [1.165, 1.54) is 0 Å². The van der Waals surface area contributed by atoms with Gasteiger partial charge in [0.05, 0.1) is 17.0 Å². The normalized spacial score (nSPS) is 15.5. The lowest BCUT2D eigenvalue weighted by molar-refractivity contribution is 0.0714. The Morgan fingerprint density at radius 2 is 1.81 bits per heavy atom. The van der Waals surface area contributed by atoms with Crippen LogP contribution in [0, 0.1) is 6.92 Å². The summed E-state index contributed by atoms with van der Waals surface area (Å²) in [6, 6.07) is 18.7. The molecule has 0 unspecified atom stereocenters. The quantitative estimate of drug-likeness (QED) is 0.483. The van der Waals surface area contributed by atoms with E-state index in [1.54, 1.807) is 41.3 Å². The molecule has 1 aromatic heterocycles. The van der Waals surface area contributed by atoms with Gasteiger partial charge in [-0.15, -0.1) is 0 Å². The Morgan fingerprint density at radius 1 is 1.03 bits per heavy atom. The number of halogens is 1. The summed E-state index contributed by atoms with van der Waals surface area (Å²) in [5.74, 6) is -0.274. The van der Waals surface area contributed by atoms with Crippen molar-refractivity contribution in [2.45, 2.75) is 19.5 Å². The summed E-state index contributed by atoms with van der Waals surface area (Å²) < 4.78 is 5.97. The van der Waals surface area contributed by atoms with Crippen molar-refractivity contribution in [3.8, 4) is 5.75 Å². The molecule has 1 amide bonds. The number of hydrogen-bond donors (Lipinski definition) is 1. The molecule has 5 rings (SSSR count). The van der Waals surface area contributed by atoms with Gasteiger partial charge in [0.1, 0.15) is 11.3 Å². The average molecular weight is 432 g/mol. The van der Waals surface area contributed by atoms with Gasteiger partial charge < -0.3 is 14.4 Å². The van der Waals surface area contributed by atoms with Crippen LogP contribution in [0.3, 0.4) is 0 Å². The molecule has 1 N–H and O–H groups in total. The maximum absolute atomic E-state index is 13.5. The van der Waals surface area contributed by atoms with Gasteiger partial charge in [0.25, 0.3) is 5.91 Å². The van der Waals surface area contributed by atoms with Gasteiger partial charge in [-0.25, -0.2) is 0 Å². The number of carbonyl (C=O) groups excluding carboxylic acids is 1. The Balaban J connectivity index is 1.76. The molecule has 6 heteroatoms. The fourth-order valence-corrected chi connectivity index (χ4v) is 4.29. The predicted octanol–water partition coefficient (Wildman–Crippen LogP) is 5.21. The third kappa shape index (κ3) is 3.18. The first kappa shape index (κ1) is 19.4. The third-order valence-electron chi connectivity index (χ3n) is 5.63. The Kier molecular flexibility index (Phi) is 4.56. The van der Waals surface area contributed by atoms with Gasteiger partial charge in [0.2, 0.25) is 5.76 Å². The lowest BCUT2D eigenvalue weighted by atomic mass is 9.98. The van der Waals surface area contributed by atoms with Crippen LogP contribution in [-0.4, -0.2) is 15.9 Å². The van der Waals surface area contributed by atoms with Crippen molar-refractivity contribution < 1.29 is 14.3 Å². The zero-order chi connectivity index (χ0) is 21.7. The van der Waals surface area contributed by atoms with Crippen molar-refractivity contribution in [1.29, 1.82) is 0 Å². The van der Waals surface area contributed by atoms with Crippen molar-refractivity contribution in [2.75, 3.05) is 0 Å². The van der Waals surface area contributed by atoms with E-state index in [-0.39, 0.29) is 28.4 Å². The molecule has 2 heterocycles. The highest BCUT2D eigenvalue weighted by molar-refractivity contribution is 6.32. The number of benzene rings is 3. The molecule has 0 bridgehead atoms. The number of phenols is 1. The van der Waals surface area contributed by atoms with E-state index < -0.39 is 6.04 Å². The molecule has 5 nitrogen and oxygen atoms in total. The van der Waals surface area contributed by atoms with Crippen LogP contribution in [0.25, 0.3) is 11.0 Å². The third-order valence-corrected chi connectivity index (χ3v) is 6.04. The van der Waals surface area contributed by atoms with Crippen LogP contribution in [0.15, 0.2) is 75.9 Å². The zero-order valence-corrected chi connectivity index (χ0v) is 17.4. The average Bonchev–Trinajstić information content (AvgIpc) is 3.03. The number of nitrogens with zero attached hydrogens (tertiary/aromatic N) is 1. The first-order valence-electron chi connectivity index (χ1n) is 9.84. The Bertz CT molecular complexity index is 1390. The Morgan fingerprint density at radius 3 is 2.55 bits per heavy atom. The summed E-state index contributed by atoms with van der Waals surface area (Å²) in [5.41, 5.74) is 2.61. The summed E-state index contributed by atoms with van der Waals surface area (Å²) in [4.78, 5) is 28.6. The molecule has 1 aliphatic rings. The number of aryl methyl sites for hydroxylation is 1. The predicted molar refractivity (Wildman–Crippen MR) is 118 cm³/mol. The molecule has 0 aliphatic carbocycles. The lowest BCUT2D eigenvalue weighted by Gasteiger charge is -2.25. The van der Waals surface area contributed by atoms with E-state index in [4.69, 9.17) is 16.0 Å². The van der Waals surface area contributed by atoms with Gasteiger partial charge in [-0.3, -0.25) is 9.59 Å². The monoisotopic (exact) mass is 431 g/mol. The van der Waals surface area contributed by atoms with Crippen molar-refractivity contribution in [1.82, 2.24) is 4.90 Å². The minimum absolute atomic E-state index is 0.0310. The largest absolute Gasteiger partial charge is 0.508 e. The van der Waals surface area contributed by atoms with E-state index in [0.717, 1.165) is 11.1 Å². The highest BCUT2D eigenvalue weighted by atomic mass is 35.5. The van der Waals surface area contributed by atoms with Gasteiger partial charge in [0, 0.05) is 11.6 Å². The number of phenolic OH excluding ortho intramolecular Hbond substituents is 1. The zero-order valence-electron chi connectivity index (χ0n) is 16.6. The van der Waals surface area contributed by atoms with Gasteiger partial charge in [-0.05, 0) is 47.9 Å². The molecule has 1 aliphatic heterocycles. The summed E-state index contributed by atoms with van der Waals surface area (Å²) in [6.07, 6.45) is 0. The van der Waals surface area contributed by atoms with Gasteiger partial charge in [-0.1, -0.05) is 54.1 Å². The molecule has 4 aromatic rings. The highest BCUT2D eigenvalue weighted by Crippen LogP contribution is 2.40. The summed E-state index contributed by atoms with van der Waals surface area (Å²) >= 11 is 6.26. The fourth-order valence-electron chi connectivity index (χ4n) is 4.13. The standard InChI is InChI=1S/C25H18ClNO4/c1-14-10-20-18(12-19(14)26)23(29)21-22(16-8-5-9-17(28)11-16)27(25(30)24(21)31-20)13-15-6-3-2-4-7-15/h2-12,22,28H,13H2,1H3/t22-/m0/s1. The van der Waals surface area contributed by atoms with Crippen LogP contribution >= 0.6 is 11.6 Å². The van der Waals surface area contributed by atoms with Crippen LogP contribution < -0.4 is 5.43 Å². The van der Waals surface area contributed by atoms with Crippen molar-refractivity contribution >= 4 is 28.5 Å². The minimum Gasteiger partial charge on any atom is -0.508 e. The fraction of sp³-hybridized carbons (Fsp3) is 0.120. The van der Waals surface area contributed by atoms with Crippen molar-refractivity contribution in [2.24, 2.45) is 0 Å². The number of hydrogen-bond acceptors (Lipinski definition) is 4. The highest BCUT2D eigenvalue weighted by Gasteiger charge is 2.42. The van der Waals surface area contributed by atoms with Gasteiger partial charge in [-0.2, -0.15) is 0 Å². The van der Waals surface area contributed by atoms with Crippen LogP contribution in [0.1, 0.15) is 38.9 Å². The van der Waals surface area contributed by atoms with E-state index in [9.17, 15) is 14.7 Å². The molecular formula is C25H18ClNO4. The molecular weight excluding hydrogens is 414 g/mol. The molecule has 0 saturated heterocycles. The minimum atomic E-state index is -0.685. The first-order valence-corrected chi connectivity index (χ1v) is 10.2. The molecule has 0 spiro atoms. The number of rotatable bonds is 3. The smallest absolute Gasteiger partial charge is 0.291 e. The van der Waals surface area contributed by atoms with Crippen LogP contribution in [0.4, 0.5) is 0 Å². The molecule has 1 atom stereocenters. The van der Waals surface area contributed by atoms with Crippen LogP contribution in [0.2, 0.25) is 5.02 Å². The summed E-state index contributed by atoms with van der Waals surface area (Å²) in [5, 5.41) is 10.8. The molecule has 31 heavy (non-hydrogen) atoms. The van der Waals surface area contributed by atoms with Crippen LogP contribution in [-0.2, 0) is 6.54 Å². The van der Waals surface area contributed by atoms with Crippen molar-refractivity contribution in [3.63, 3.8) is 0 Å². The summed E-state index contributed by atoms with van der Waals surface area (Å²) in [6.45, 7) is 2.10. The molecule has 0 fully saturated rings. The van der Waals surface area contributed by atoms with E-state index in [0.29, 0.717) is 28.1 Å². The second kappa shape index (κ2) is 7.29. The maximum atomic E-state index is 13.5. The first-order chi connectivity index (χ1) is 14.9.